The number of hydrogen-bond acceptors (Lipinski definition) is 3. The molecule has 20 heavy (non-hydrogen) atoms. The Bertz CT molecular complexity index is 710. The average molecular weight is 336 g/mol. The fourth-order valence-electron chi connectivity index (χ4n) is 1.78. The van der Waals surface area contributed by atoms with Gasteiger partial charge in [-0.2, -0.15) is 0 Å². The quantitative estimate of drug-likeness (QED) is 0.846. The van der Waals surface area contributed by atoms with Crippen LogP contribution >= 0.6 is 15.9 Å². The van der Waals surface area contributed by atoms with Crippen LogP contribution in [-0.4, -0.2) is 10.5 Å². The summed E-state index contributed by atoms with van der Waals surface area (Å²) in [6, 6.07) is 8.07. The minimum Gasteiger partial charge on any atom is -0.398 e. The molecule has 0 radical (unpaired) electrons. The van der Waals surface area contributed by atoms with E-state index in [0.717, 1.165) is 4.47 Å². The number of nitrogens with zero attached hydrogens (tertiary/aromatic N) is 1. The number of amides is 1. The molecule has 2 aromatic rings. The van der Waals surface area contributed by atoms with E-state index in [0.29, 0.717) is 23.5 Å². The Morgan fingerprint density at radius 2 is 2.10 bits per heavy atom. The number of halogens is 1. The second kappa shape index (κ2) is 5.92. The Morgan fingerprint density at radius 3 is 2.80 bits per heavy atom. The third kappa shape index (κ3) is 3.08. The van der Waals surface area contributed by atoms with Crippen LogP contribution in [0.5, 0.6) is 0 Å². The molecule has 0 aliphatic rings. The lowest BCUT2D eigenvalue weighted by Crippen LogP contribution is -2.20. The first-order valence-corrected chi connectivity index (χ1v) is 6.87. The summed E-state index contributed by atoms with van der Waals surface area (Å²) < 4.78 is 2.29. The minimum absolute atomic E-state index is 0.104. The number of nitrogens with two attached hydrogens (primary N) is 1. The number of nitrogens with one attached hydrogen (secondary N) is 1. The number of carbonyl (C=O) groups is 1. The summed E-state index contributed by atoms with van der Waals surface area (Å²) in [7, 11) is 0. The average Bonchev–Trinajstić information content (AvgIpc) is 2.43. The molecule has 1 amide bonds. The van der Waals surface area contributed by atoms with Gasteiger partial charge < -0.3 is 15.6 Å². The second-order valence-electron chi connectivity index (χ2n) is 4.23. The van der Waals surface area contributed by atoms with Crippen molar-refractivity contribution >= 4 is 33.2 Å². The summed E-state index contributed by atoms with van der Waals surface area (Å²) in [6.07, 6.45) is 1.61. The number of pyridine rings is 1. The highest BCUT2D eigenvalue weighted by Gasteiger charge is 2.11. The van der Waals surface area contributed by atoms with Gasteiger partial charge in [0, 0.05) is 29.0 Å². The topological polar surface area (TPSA) is 77.1 Å². The first kappa shape index (κ1) is 14.3. The molecule has 0 fully saturated rings. The monoisotopic (exact) mass is 335 g/mol. The zero-order chi connectivity index (χ0) is 14.7. The largest absolute Gasteiger partial charge is 0.398 e. The normalized spacial score (nSPS) is 10.3. The van der Waals surface area contributed by atoms with Gasteiger partial charge in [0.05, 0.1) is 11.3 Å². The Balaban J connectivity index is 2.28. The number of aromatic nitrogens is 1. The third-order valence-corrected chi connectivity index (χ3v) is 3.34. The van der Waals surface area contributed by atoms with Crippen LogP contribution < -0.4 is 16.6 Å². The highest BCUT2D eigenvalue weighted by molar-refractivity contribution is 9.10. The summed E-state index contributed by atoms with van der Waals surface area (Å²) in [5.74, 6) is -0.315. The molecule has 0 aliphatic carbocycles. The predicted octanol–water partition coefficient (Wildman–Crippen LogP) is 2.47. The van der Waals surface area contributed by atoms with Crippen LogP contribution in [0.3, 0.4) is 0 Å². The highest BCUT2D eigenvalue weighted by Crippen LogP contribution is 2.19. The summed E-state index contributed by atoms with van der Waals surface area (Å²) in [5.41, 5.74) is 7.02. The predicted molar refractivity (Wildman–Crippen MR) is 82.9 cm³/mol. The molecule has 0 aliphatic heterocycles. The van der Waals surface area contributed by atoms with Crippen LogP contribution in [0.25, 0.3) is 0 Å². The molecule has 0 spiro atoms. The van der Waals surface area contributed by atoms with Crippen LogP contribution in [0.2, 0.25) is 0 Å². The first-order valence-electron chi connectivity index (χ1n) is 6.08. The van der Waals surface area contributed by atoms with Gasteiger partial charge in [-0.25, -0.2) is 0 Å². The van der Waals surface area contributed by atoms with Crippen molar-refractivity contribution in [2.45, 2.75) is 13.5 Å². The number of benzene rings is 1. The van der Waals surface area contributed by atoms with Crippen molar-refractivity contribution in [2.24, 2.45) is 0 Å². The van der Waals surface area contributed by atoms with Crippen molar-refractivity contribution in [1.29, 1.82) is 0 Å². The number of aryl methyl sites for hydroxylation is 1. The fourth-order valence-corrected chi connectivity index (χ4v) is 2.14. The number of hydrogen-bond donors (Lipinski definition) is 2. The molecular formula is C14H14BrN3O2. The Hall–Kier alpha value is -2.08. The maximum absolute atomic E-state index is 12.2. The van der Waals surface area contributed by atoms with Gasteiger partial charge in [-0.3, -0.25) is 9.59 Å². The molecule has 2 rings (SSSR count). The Morgan fingerprint density at radius 1 is 1.35 bits per heavy atom. The van der Waals surface area contributed by atoms with Crippen molar-refractivity contribution in [3.8, 4) is 0 Å². The van der Waals surface area contributed by atoms with Crippen LogP contribution in [0.4, 0.5) is 11.4 Å². The zero-order valence-corrected chi connectivity index (χ0v) is 12.5. The molecule has 1 heterocycles. The van der Waals surface area contributed by atoms with Crippen molar-refractivity contribution in [1.82, 2.24) is 4.57 Å². The fraction of sp³-hybridized carbons (Fsp3) is 0.143. The van der Waals surface area contributed by atoms with Crippen molar-refractivity contribution in [2.75, 3.05) is 11.1 Å². The highest BCUT2D eigenvalue weighted by atomic mass is 79.9. The summed E-state index contributed by atoms with van der Waals surface area (Å²) >= 11 is 3.30. The van der Waals surface area contributed by atoms with E-state index in [1.807, 2.05) is 6.92 Å². The molecule has 0 atom stereocenters. The van der Waals surface area contributed by atoms with E-state index in [1.54, 1.807) is 30.5 Å². The van der Waals surface area contributed by atoms with Gasteiger partial charge in [0.25, 0.3) is 11.5 Å². The van der Waals surface area contributed by atoms with E-state index < -0.39 is 0 Å². The molecule has 6 heteroatoms. The number of anilines is 2. The molecule has 104 valence electrons. The second-order valence-corrected chi connectivity index (χ2v) is 5.14. The standard InChI is InChI=1S/C14H14BrN3O2/c1-2-18-8-10(4-6-13(18)19)17-14(20)11-7-9(15)3-5-12(11)16/h3-8H,2,16H2,1H3,(H,17,20). The maximum atomic E-state index is 12.2. The molecular weight excluding hydrogens is 322 g/mol. The van der Waals surface area contributed by atoms with E-state index in [1.165, 1.54) is 10.6 Å². The van der Waals surface area contributed by atoms with Gasteiger partial charge in [-0.05, 0) is 31.2 Å². The zero-order valence-electron chi connectivity index (χ0n) is 10.9. The van der Waals surface area contributed by atoms with Crippen LogP contribution in [0.1, 0.15) is 17.3 Å². The molecule has 5 nitrogen and oxygen atoms in total. The van der Waals surface area contributed by atoms with Gasteiger partial charge in [-0.15, -0.1) is 0 Å². The van der Waals surface area contributed by atoms with Gasteiger partial charge in [0.2, 0.25) is 0 Å². The summed E-state index contributed by atoms with van der Waals surface area (Å²) in [4.78, 5) is 23.7. The molecule has 3 N–H and O–H groups in total. The molecule has 1 aromatic heterocycles. The number of nitrogen functional groups attached to an aromatic ring is 1. The lowest BCUT2D eigenvalue weighted by atomic mass is 10.1. The van der Waals surface area contributed by atoms with Crippen LogP contribution in [-0.2, 0) is 6.54 Å². The van der Waals surface area contributed by atoms with Crippen LogP contribution in [0, 0.1) is 0 Å². The van der Waals surface area contributed by atoms with Gasteiger partial charge in [-0.1, -0.05) is 15.9 Å². The van der Waals surface area contributed by atoms with Crippen molar-refractivity contribution < 1.29 is 4.79 Å². The Labute approximate surface area is 124 Å². The van der Waals surface area contributed by atoms with E-state index in [2.05, 4.69) is 21.2 Å². The molecule has 1 aromatic carbocycles. The lowest BCUT2D eigenvalue weighted by molar-refractivity contribution is 0.102. The van der Waals surface area contributed by atoms with Gasteiger partial charge in [0.1, 0.15) is 0 Å². The third-order valence-electron chi connectivity index (χ3n) is 2.84. The lowest BCUT2D eigenvalue weighted by Gasteiger charge is -2.09. The smallest absolute Gasteiger partial charge is 0.257 e. The molecule has 0 saturated carbocycles. The molecule has 0 bridgehead atoms. The van der Waals surface area contributed by atoms with Gasteiger partial charge >= 0.3 is 0 Å². The maximum Gasteiger partial charge on any atom is 0.257 e. The van der Waals surface area contributed by atoms with Crippen LogP contribution in [0.15, 0.2) is 45.8 Å². The van der Waals surface area contributed by atoms with Crippen molar-refractivity contribution in [3.63, 3.8) is 0 Å². The molecule has 0 saturated heterocycles. The van der Waals surface area contributed by atoms with E-state index in [4.69, 9.17) is 5.73 Å². The SMILES string of the molecule is CCn1cc(NC(=O)c2cc(Br)ccc2N)ccc1=O. The summed E-state index contributed by atoms with van der Waals surface area (Å²) in [6.45, 7) is 2.40. The van der Waals surface area contributed by atoms with Crippen molar-refractivity contribution in [3.05, 3.63) is 56.9 Å². The van der Waals surface area contributed by atoms with E-state index in [-0.39, 0.29) is 11.5 Å². The Kier molecular flexibility index (Phi) is 4.24. The van der Waals surface area contributed by atoms with Gasteiger partial charge in [0.15, 0.2) is 0 Å². The number of carbonyl (C=O) groups excluding carboxylic acids is 1. The molecule has 0 unspecified atom stereocenters. The van der Waals surface area contributed by atoms with E-state index >= 15 is 0 Å². The summed E-state index contributed by atoms with van der Waals surface area (Å²) in [5, 5.41) is 2.73. The first-order chi connectivity index (χ1) is 9.51. The minimum atomic E-state index is -0.315. The number of rotatable bonds is 3. The van der Waals surface area contributed by atoms with E-state index in [9.17, 15) is 9.59 Å².